The van der Waals surface area contributed by atoms with Gasteiger partial charge in [0.25, 0.3) is 5.56 Å². The van der Waals surface area contributed by atoms with Crippen LogP contribution in [-0.4, -0.2) is 22.8 Å². The van der Waals surface area contributed by atoms with Crippen molar-refractivity contribution in [1.82, 2.24) is 9.55 Å². The molecule has 0 aliphatic heterocycles. The van der Waals surface area contributed by atoms with Crippen LogP contribution in [0.5, 0.6) is 0 Å². The van der Waals surface area contributed by atoms with E-state index in [9.17, 15) is 9.59 Å². The summed E-state index contributed by atoms with van der Waals surface area (Å²) in [5, 5.41) is 5.61. The van der Waals surface area contributed by atoms with E-state index in [1.807, 2.05) is 0 Å². The molecule has 0 aromatic carbocycles. The molecule has 1 heterocycles. The molecule has 0 bridgehead atoms. The van der Waals surface area contributed by atoms with Crippen LogP contribution < -0.4 is 16.3 Å². The van der Waals surface area contributed by atoms with Crippen LogP contribution in [0, 0.1) is 5.92 Å². The van der Waals surface area contributed by atoms with Crippen molar-refractivity contribution >= 4 is 12.0 Å². The van der Waals surface area contributed by atoms with Gasteiger partial charge in [-0.25, -0.2) is 4.79 Å². The molecule has 94 valence electrons. The van der Waals surface area contributed by atoms with Gasteiger partial charge in [-0.1, -0.05) is 13.8 Å². The van der Waals surface area contributed by atoms with Crippen molar-refractivity contribution in [3.63, 3.8) is 0 Å². The van der Waals surface area contributed by atoms with Crippen LogP contribution in [-0.2, 0) is 7.05 Å². The van der Waals surface area contributed by atoms with Gasteiger partial charge in [0, 0.05) is 26.4 Å². The molecular formula is C11H18N4O2. The van der Waals surface area contributed by atoms with E-state index in [1.165, 1.54) is 18.1 Å². The highest BCUT2D eigenvalue weighted by Crippen LogP contribution is 2.03. The van der Waals surface area contributed by atoms with Crippen molar-refractivity contribution in [2.75, 3.05) is 12.1 Å². The third-order valence-corrected chi connectivity index (χ3v) is 2.31. The monoisotopic (exact) mass is 238 g/mol. The number of anilines is 1. The summed E-state index contributed by atoms with van der Waals surface area (Å²) < 4.78 is 1.01. The van der Waals surface area contributed by atoms with E-state index >= 15 is 0 Å². The average Bonchev–Trinajstić information content (AvgIpc) is 2.24. The molecule has 0 saturated carbocycles. The Balaban J connectivity index is 2.90. The first kappa shape index (κ1) is 13.2. The van der Waals surface area contributed by atoms with Gasteiger partial charge in [-0.05, 0) is 12.3 Å². The van der Waals surface area contributed by atoms with Crippen molar-refractivity contribution in [2.45, 2.75) is 20.3 Å². The number of hydrazone groups is 1. The highest BCUT2D eigenvalue weighted by atomic mass is 16.2. The predicted octanol–water partition coefficient (Wildman–Crippen LogP) is 0.542. The Bertz CT molecular complexity index is 482. The largest absolute Gasteiger partial charge is 0.329 e. The fourth-order valence-corrected chi connectivity index (χ4v) is 1.16. The lowest BCUT2D eigenvalue weighted by molar-refractivity contribution is 0.688. The van der Waals surface area contributed by atoms with E-state index in [4.69, 9.17) is 0 Å². The maximum absolute atomic E-state index is 11.4. The Kier molecular flexibility index (Phi) is 4.25. The lowest BCUT2D eigenvalue weighted by atomic mass is 10.2. The maximum atomic E-state index is 11.4. The molecule has 6 nitrogen and oxygen atoms in total. The zero-order valence-corrected chi connectivity index (χ0v) is 10.6. The maximum Gasteiger partial charge on any atom is 0.329 e. The van der Waals surface area contributed by atoms with Crippen LogP contribution in [0.1, 0.15) is 20.3 Å². The number of hydrogen-bond donors (Lipinski definition) is 1. The van der Waals surface area contributed by atoms with E-state index in [0.29, 0.717) is 11.7 Å². The predicted molar refractivity (Wildman–Crippen MR) is 68.7 cm³/mol. The molecular weight excluding hydrogens is 220 g/mol. The number of hydrogen-bond acceptors (Lipinski definition) is 4. The number of nitrogens with zero attached hydrogens (tertiary/aromatic N) is 3. The minimum Gasteiger partial charge on any atom is -0.292 e. The molecule has 0 radical (unpaired) electrons. The number of H-pyrrole nitrogens is 1. The zero-order valence-electron chi connectivity index (χ0n) is 10.6. The lowest BCUT2D eigenvalue weighted by Gasteiger charge is -2.12. The first-order chi connectivity index (χ1) is 7.91. The lowest BCUT2D eigenvalue weighted by Crippen LogP contribution is -2.33. The van der Waals surface area contributed by atoms with Gasteiger partial charge in [0.1, 0.15) is 5.82 Å². The van der Waals surface area contributed by atoms with Gasteiger partial charge in [0.05, 0.1) is 0 Å². The highest BCUT2D eigenvalue weighted by Gasteiger charge is 2.03. The van der Waals surface area contributed by atoms with Gasteiger partial charge in [-0.3, -0.25) is 19.4 Å². The van der Waals surface area contributed by atoms with Gasteiger partial charge in [0.15, 0.2) is 0 Å². The molecule has 0 atom stereocenters. The van der Waals surface area contributed by atoms with Crippen LogP contribution in [0.25, 0.3) is 0 Å². The number of aromatic nitrogens is 2. The Hall–Kier alpha value is -1.85. The summed E-state index contributed by atoms with van der Waals surface area (Å²) >= 11 is 0. The highest BCUT2D eigenvalue weighted by molar-refractivity contribution is 5.59. The standard InChI is InChI=1S/C11H18N4O2/c1-8(2)5-6-12-15(4)9-7-10(16)14(3)11(17)13-9/h6-8H,5H2,1-4H3,(H,13,17)/b12-6-. The first-order valence-electron chi connectivity index (χ1n) is 5.48. The van der Waals surface area contributed by atoms with Crippen molar-refractivity contribution in [1.29, 1.82) is 0 Å². The zero-order chi connectivity index (χ0) is 13.0. The van der Waals surface area contributed by atoms with Crippen LogP contribution in [0.2, 0.25) is 0 Å². The van der Waals surface area contributed by atoms with Crippen molar-refractivity contribution in [3.8, 4) is 0 Å². The third-order valence-electron chi connectivity index (χ3n) is 2.31. The second-order valence-corrected chi connectivity index (χ2v) is 4.31. The minimum absolute atomic E-state index is 0.352. The molecule has 0 fully saturated rings. The second kappa shape index (κ2) is 5.47. The summed E-state index contributed by atoms with van der Waals surface area (Å²) in [5.74, 6) is 0.910. The molecule has 1 aromatic rings. The quantitative estimate of drug-likeness (QED) is 0.615. The minimum atomic E-state index is -0.446. The Morgan fingerprint density at radius 2 is 2.18 bits per heavy atom. The smallest absolute Gasteiger partial charge is 0.292 e. The molecule has 0 saturated heterocycles. The summed E-state index contributed by atoms with van der Waals surface area (Å²) in [6.45, 7) is 4.18. The van der Waals surface area contributed by atoms with Crippen LogP contribution in [0.3, 0.4) is 0 Å². The van der Waals surface area contributed by atoms with Crippen LogP contribution in [0.4, 0.5) is 5.82 Å². The SMILES string of the molecule is CC(C)C/C=N\N(C)c1cc(=O)n(C)c(=O)[nH]1. The average molecular weight is 238 g/mol. The number of aromatic amines is 1. The van der Waals surface area contributed by atoms with E-state index < -0.39 is 5.69 Å². The van der Waals surface area contributed by atoms with Crippen LogP contribution >= 0.6 is 0 Å². The summed E-state index contributed by atoms with van der Waals surface area (Å²) in [7, 11) is 3.11. The topological polar surface area (TPSA) is 70.5 Å². The van der Waals surface area contributed by atoms with Crippen molar-refractivity contribution in [2.24, 2.45) is 18.1 Å². The summed E-state index contributed by atoms with van der Waals surface area (Å²) in [6, 6.07) is 1.34. The Morgan fingerprint density at radius 1 is 1.53 bits per heavy atom. The van der Waals surface area contributed by atoms with E-state index in [1.54, 1.807) is 13.3 Å². The van der Waals surface area contributed by atoms with E-state index in [0.717, 1.165) is 11.0 Å². The molecule has 0 unspecified atom stereocenters. The summed E-state index contributed by atoms with van der Waals surface area (Å²) in [5.41, 5.74) is -0.798. The van der Waals surface area contributed by atoms with Gasteiger partial charge in [-0.2, -0.15) is 5.10 Å². The molecule has 17 heavy (non-hydrogen) atoms. The van der Waals surface area contributed by atoms with Gasteiger partial charge in [0.2, 0.25) is 0 Å². The van der Waals surface area contributed by atoms with E-state index in [-0.39, 0.29) is 5.56 Å². The molecule has 6 heteroatoms. The van der Waals surface area contributed by atoms with Crippen molar-refractivity contribution < 1.29 is 0 Å². The van der Waals surface area contributed by atoms with Crippen LogP contribution in [0.15, 0.2) is 20.8 Å². The fraction of sp³-hybridized carbons (Fsp3) is 0.545. The molecule has 1 rings (SSSR count). The summed E-state index contributed by atoms with van der Waals surface area (Å²) in [4.78, 5) is 25.4. The molecule has 0 amide bonds. The van der Waals surface area contributed by atoms with Gasteiger partial charge >= 0.3 is 5.69 Å². The normalized spacial score (nSPS) is 11.4. The molecule has 1 N–H and O–H groups in total. The van der Waals surface area contributed by atoms with Gasteiger partial charge < -0.3 is 0 Å². The Labute approximate surface area is 99.6 Å². The summed E-state index contributed by atoms with van der Waals surface area (Å²) in [6.07, 6.45) is 2.61. The fourth-order valence-electron chi connectivity index (χ4n) is 1.16. The second-order valence-electron chi connectivity index (χ2n) is 4.31. The molecule has 0 aliphatic rings. The molecule has 0 spiro atoms. The molecule has 1 aromatic heterocycles. The molecule has 0 aliphatic carbocycles. The number of nitrogens with one attached hydrogen (secondary N) is 1. The number of rotatable bonds is 4. The van der Waals surface area contributed by atoms with Gasteiger partial charge in [-0.15, -0.1) is 0 Å². The Morgan fingerprint density at radius 3 is 2.71 bits per heavy atom. The van der Waals surface area contributed by atoms with Crippen molar-refractivity contribution in [3.05, 3.63) is 26.9 Å². The first-order valence-corrected chi connectivity index (χ1v) is 5.48. The van der Waals surface area contributed by atoms with E-state index in [2.05, 4.69) is 23.9 Å². The third kappa shape index (κ3) is 3.58.